The largest absolute Gasteiger partial charge is 0.372 e. The fraction of sp³-hybridized carbons (Fsp3) is 0.462. The number of amidine groups is 2. The second-order valence-electron chi connectivity index (χ2n) is 8.64. The van der Waals surface area contributed by atoms with E-state index in [2.05, 4.69) is 83.7 Å². The molecule has 0 radical (unpaired) electrons. The standard InChI is InChI=1S/C26H34N4/c1-20(25-27-13-14-28-25)18-23-10-6-7-11-24(23)19-21(2)26-29-15-17-30(26)16-12-22-8-4-3-5-9-22/h3-11,20-21H,12-19H2,1-2H3,(H,27,28)/t20-,21-/m0/s1. The first-order valence-corrected chi connectivity index (χ1v) is 11.4. The Hall–Kier alpha value is -2.62. The maximum absolute atomic E-state index is 4.89. The SMILES string of the molecule is C[C@@H](Cc1ccccc1C[C@H](C)C1=NCCN1CCc1ccccc1)C1=NCCN1. The summed E-state index contributed by atoms with van der Waals surface area (Å²) < 4.78 is 0. The quantitative estimate of drug-likeness (QED) is 0.689. The summed E-state index contributed by atoms with van der Waals surface area (Å²) in [5.41, 5.74) is 4.30. The average molecular weight is 403 g/mol. The van der Waals surface area contributed by atoms with Crippen LogP contribution in [0.5, 0.6) is 0 Å². The van der Waals surface area contributed by atoms with Crippen LogP contribution in [0.2, 0.25) is 0 Å². The molecule has 2 heterocycles. The van der Waals surface area contributed by atoms with Crippen LogP contribution in [-0.4, -0.2) is 49.3 Å². The Bertz CT molecular complexity index is 887. The Labute approximate surface area is 181 Å². The minimum absolute atomic E-state index is 0.432. The third kappa shape index (κ3) is 5.10. The van der Waals surface area contributed by atoms with Crippen LogP contribution in [0.1, 0.15) is 30.5 Å². The molecule has 0 saturated heterocycles. The Balaban J connectivity index is 1.38. The molecule has 0 amide bonds. The Morgan fingerprint density at radius 2 is 1.57 bits per heavy atom. The molecule has 0 spiro atoms. The molecule has 0 saturated carbocycles. The summed E-state index contributed by atoms with van der Waals surface area (Å²) >= 11 is 0. The summed E-state index contributed by atoms with van der Waals surface area (Å²) in [6, 6.07) is 19.7. The molecule has 0 aliphatic carbocycles. The lowest BCUT2D eigenvalue weighted by atomic mass is 9.90. The van der Waals surface area contributed by atoms with Gasteiger partial charge in [0.15, 0.2) is 0 Å². The number of nitrogens with zero attached hydrogens (tertiary/aromatic N) is 3. The van der Waals surface area contributed by atoms with E-state index in [4.69, 9.17) is 4.99 Å². The fourth-order valence-electron chi connectivity index (χ4n) is 4.65. The number of hydrogen-bond donors (Lipinski definition) is 1. The molecule has 4 rings (SSSR count). The van der Waals surface area contributed by atoms with Gasteiger partial charge in [-0.15, -0.1) is 0 Å². The molecule has 0 aromatic heterocycles. The van der Waals surface area contributed by atoms with E-state index in [1.54, 1.807) is 0 Å². The van der Waals surface area contributed by atoms with Crippen molar-refractivity contribution in [3.8, 4) is 0 Å². The highest BCUT2D eigenvalue weighted by atomic mass is 15.2. The van der Waals surface area contributed by atoms with E-state index in [0.717, 1.165) is 52.0 Å². The summed E-state index contributed by atoms with van der Waals surface area (Å²) in [4.78, 5) is 12.0. The lowest BCUT2D eigenvalue weighted by Gasteiger charge is -2.25. The maximum Gasteiger partial charge on any atom is 0.102 e. The highest BCUT2D eigenvalue weighted by Crippen LogP contribution is 2.22. The van der Waals surface area contributed by atoms with E-state index >= 15 is 0 Å². The molecular weight excluding hydrogens is 368 g/mol. The smallest absolute Gasteiger partial charge is 0.102 e. The van der Waals surface area contributed by atoms with E-state index in [9.17, 15) is 0 Å². The van der Waals surface area contributed by atoms with Crippen molar-refractivity contribution < 1.29 is 0 Å². The van der Waals surface area contributed by atoms with Gasteiger partial charge in [0.1, 0.15) is 5.84 Å². The molecule has 158 valence electrons. The van der Waals surface area contributed by atoms with Crippen LogP contribution in [0.25, 0.3) is 0 Å². The Kier molecular flexibility index (Phi) is 6.83. The summed E-state index contributed by atoms with van der Waals surface area (Å²) in [5, 5.41) is 3.44. The van der Waals surface area contributed by atoms with Gasteiger partial charge in [0.25, 0.3) is 0 Å². The number of rotatable bonds is 9. The van der Waals surface area contributed by atoms with Gasteiger partial charge >= 0.3 is 0 Å². The number of hydrogen-bond acceptors (Lipinski definition) is 4. The molecule has 2 atom stereocenters. The summed E-state index contributed by atoms with van der Waals surface area (Å²) in [6.07, 6.45) is 3.16. The zero-order valence-corrected chi connectivity index (χ0v) is 18.3. The van der Waals surface area contributed by atoms with Crippen LogP contribution in [0.15, 0.2) is 64.6 Å². The molecule has 2 aliphatic heterocycles. The highest BCUT2D eigenvalue weighted by molar-refractivity contribution is 5.86. The lowest BCUT2D eigenvalue weighted by Crippen LogP contribution is -2.34. The third-order valence-electron chi connectivity index (χ3n) is 6.26. The molecule has 0 fully saturated rings. The van der Waals surface area contributed by atoms with Crippen molar-refractivity contribution in [1.82, 2.24) is 10.2 Å². The molecule has 4 nitrogen and oxygen atoms in total. The van der Waals surface area contributed by atoms with Gasteiger partial charge < -0.3 is 10.2 Å². The second kappa shape index (κ2) is 9.92. The second-order valence-corrected chi connectivity index (χ2v) is 8.64. The highest BCUT2D eigenvalue weighted by Gasteiger charge is 2.23. The van der Waals surface area contributed by atoms with Crippen molar-refractivity contribution in [2.24, 2.45) is 21.8 Å². The predicted octanol–water partition coefficient (Wildman–Crippen LogP) is 4.00. The first-order valence-electron chi connectivity index (χ1n) is 11.4. The molecule has 30 heavy (non-hydrogen) atoms. The van der Waals surface area contributed by atoms with Crippen molar-refractivity contribution in [2.75, 3.05) is 32.7 Å². The summed E-state index contributed by atoms with van der Waals surface area (Å²) in [7, 11) is 0. The van der Waals surface area contributed by atoms with Gasteiger partial charge in [-0.1, -0.05) is 68.4 Å². The molecule has 1 N–H and O–H groups in total. The van der Waals surface area contributed by atoms with Crippen LogP contribution in [0, 0.1) is 11.8 Å². The van der Waals surface area contributed by atoms with Crippen molar-refractivity contribution in [3.63, 3.8) is 0 Å². The Morgan fingerprint density at radius 1 is 0.867 bits per heavy atom. The van der Waals surface area contributed by atoms with E-state index in [1.807, 2.05) is 0 Å². The van der Waals surface area contributed by atoms with Crippen LogP contribution >= 0.6 is 0 Å². The summed E-state index contributed by atoms with van der Waals surface area (Å²) in [6.45, 7) is 9.55. The maximum atomic E-state index is 4.89. The van der Waals surface area contributed by atoms with Crippen molar-refractivity contribution in [1.29, 1.82) is 0 Å². The van der Waals surface area contributed by atoms with Gasteiger partial charge in [0.2, 0.25) is 0 Å². The van der Waals surface area contributed by atoms with Crippen LogP contribution < -0.4 is 5.32 Å². The van der Waals surface area contributed by atoms with Crippen molar-refractivity contribution in [3.05, 3.63) is 71.3 Å². The molecule has 2 aromatic rings. The van der Waals surface area contributed by atoms with Crippen molar-refractivity contribution >= 4 is 11.7 Å². The average Bonchev–Trinajstić information content (AvgIpc) is 3.46. The molecular formula is C26H34N4. The van der Waals surface area contributed by atoms with E-state index in [0.29, 0.717) is 11.8 Å². The minimum atomic E-state index is 0.432. The molecule has 2 aliphatic rings. The number of nitrogens with one attached hydrogen (secondary N) is 1. The zero-order valence-electron chi connectivity index (χ0n) is 18.3. The minimum Gasteiger partial charge on any atom is -0.372 e. The fourth-order valence-corrected chi connectivity index (χ4v) is 4.65. The van der Waals surface area contributed by atoms with Gasteiger partial charge in [-0.25, -0.2) is 0 Å². The van der Waals surface area contributed by atoms with Crippen molar-refractivity contribution in [2.45, 2.75) is 33.1 Å². The van der Waals surface area contributed by atoms with Gasteiger partial charge in [-0.3, -0.25) is 9.98 Å². The molecule has 4 heteroatoms. The van der Waals surface area contributed by atoms with Gasteiger partial charge in [0.05, 0.1) is 18.9 Å². The van der Waals surface area contributed by atoms with E-state index in [-0.39, 0.29) is 0 Å². The summed E-state index contributed by atoms with van der Waals surface area (Å²) in [5.74, 6) is 3.33. The molecule has 0 unspecified atom stereocenters. The predicted molar refractivity (Wildman–Crippen MR) is 127 cm³/mol. The third-order valence-corrected chi connectivity index (χ3v) is 6.26. The van der Waals surface area contributed by atoms with Gasteiger partial charge in [-0.2, -0.15) is 0 Å². The first kappa shape index (κ1) is 20.6. The molecule has 0 bridgehead atoms. The Morgan fingerprint density at radius 3 is 2.27 bits per heavy atom. The first-order chi connectivity index (χ1) is 14.7. The topological polar surface area (TPSA) is 40.0 Å². The normalized spacial score (nSPS) is 18.0. The van der Waals surface area contributed by atoms with Crippen LogP contribution in [0.4, 0.5) is 0 Å². The molecule has 2 aromatic carbocycles. The number of benzene rings is 2. The van der Waals surface area contributed by atoms with E-state index < -0.39 is 0 Å². The van der Waals surface area contributed by atoms with E-state index in [1.165, 1.54) is 28.4 Å². The monoisotopic (exact) mass is 402 g/mol. The van der Waals surface area contributed by atoms with Crippen LogP contribution in [-0.2, 0) is 19.3 Å². The van der Waals surface area contributed by atoms with Gasteiger partial charge in [-0.05, 0) is 36.0 Å². The van der Waals surface area contributed by atoms with Gasteiger partial charge in [0, 0.05) is 31.5 Å². The van der Waals surface area contributed by atoms with Crippen LogP contribution in [0.3, 0.4) is 0 Å². The lowest BCUT2D eigenvalue weighted by molar-refractivity contribution is 0.437. The number of aliphatic imine (C=N–C) groups is 2. The zero-order chi connectivity index (χ0) is 20.8.